The SMILES string of the molecule is COc1ccc(F)cc1.O=C(NC1CC(O)C1)c1cnn2ccc(N3CCCC3)cc12. The Morgan fingerprint density at radius 2 is 1.90 bits per heavy atom. The van der Waals surface area contributed by atoms with Crippen LogP contribution in [0.25, 0.3) is 5.52 Å². The van der Waals surface area contributed by atoms with Crippen LogP contribution in [0.5, 0.6) is 5.75 Å². The standard InChI is InChI=1S/C16H20N4O2.C7H7FO/c21-13-7-11(8-13)18-16(22)14-10-17-20-6-3-12(9-15(14)20)19-4-1-2-5-19;1-9-7-4-2-6(8)3-5-7/h3,6,9-11,13,21H,1-2,4-5,7-8H2,(H,18,22);2-5H,1H3. The predicted octanol–water partition coefficient (Wildman–Crippen LogP) is 3.02. The number of hydrogen-bond acceptors (Lipinski definition) is 5. The van der Waals surface area contributed by atoms with Crippen LogP contribution < -0.4 is 15.0 Å². The molecule has 1 saturated heterocycles. The van der Waals surface area contributed by atoms with Gasteiger partial charge in [0.05, 0.1) is 30.5 Å². The predicted molar refractivity (Wildman–Crippen MR) is 116 cm³/mol. The van der Waals surface area contributed by atoms with Gasteiger partial charge in [-0.25, -0.2) is 8.91 Å². The van der Waals surface area contributed by atoms with Gasteiger partial charge in [-0.2, -0.15) is 5.10 Å². The van der Waals surface area contributed by atoms with Gasteiger partial charge in [0.25, 0.3) is 5.91 Å². The Morgan fingerprint density at radius 3 is 2.55 bits per heavy atom. The number of pyridine rings is 1. The maximum Gasteiger partial charge on any atom is 0.255 e. The smallest absolute Gasteiger partial charge is 0.255 e. The van der Waals surface area contributed by atoms with Crippen molar-refractivity contribution < 1.29 is 19.0 Å². The lowest BCUT2D eigenvalue weighted by Crippen LogP contribution is -2.46. The van der Waals surface area contributed by atoms with E-state index in [9.17, 15) is 14.3 Å². The minimum Gasteiger partial charge on any atom is -0.497 e. The molecule has 8 heteroatoms. The Labute approximate surface area is 180 Å². The number of carbonyl (C=O) groups is 1. The summed E-state index contributed by atoms with van der Waals surface area (Å²) in [6.45, 7) is 2.15. The largest absolute Gasteiger partial charge is 0.497 e. The molecule has 2 fully saturated rings. The van der Waals surface area contributed by atoms with E-state index in [2.05, 4.69) is 21.4 Å². The lowest BCUT2D eigenvalue weighted by Gasteiger charge is -2.31. The van der Waals surface area contributed by atoms with Gasteiger partial charge in [0.15, 0.2) is 0 Å². The van der Waals surface area contributed by atoms with Crippen molar-refractivity contribution in [3.05, 3.63) is 60.2 Å². The van der Waals surface area contributed by atoms with Crippen molar-refractivity contribution >= 4 is 17.1 Å². The number of methoxy groups -OCH3 is 1. The van der Waals surface area contributed by atoms with Gasteiger partial charge in [0, 0.05) is 31.0 Å². The van der Waals surface area contributed by atoms with E-state index in [0.717, 1.165) is 24.3 Å². The second kappa shape index (κ2) is 9.34. The van der Waals surface area contributed by atoms with Crippen LogP contribution in [0.1, 0.15) is 36.0 Å². The summed E-state index contributed by atoms with van der Waals surface area (Å²) in [5, 5.41) is 16.5. The second-order valence-corrected chi connectivity index (χ2v) is 7.92. The number of aromatic nitrogens is 2. The lowest BCUT2D eigenvalue weighted by atomic mass is 9.89. The van der Waals surface area contributed by atoms with Crippen molar-refractivity contribution in [1.82, 2.24) is 14.9 Å². The zero-order chi connectivity index (χ0) is 21.8. The first kappa shape index (κ1) is 21.1. The number of benzene rings is 1. The van der Waals surface area contributed by atoms with E-state index in [0.29, 0.717) is 24.2 Å². The van der Waals surface area contributed by atoms with E-state index in [1.54, 1.807) is 30.0 Å². The molecule has 0 unspecified atom stereocenters. The van der Waals surface area contributed by atoms with Crippen LogP contribution in [0, 0.1) is 5.82 Å². The molecule has 2 aromatic heterocycles. The van der Waals surface area contributed by atoms with Crippen molar-refractivity contribution in [1.29, 1.82) is 0 Å². The molecule has 1 aromatic carbocycles. The van der Waals surface area contributed by atoms with Crippen LogP contribution in [0.4, 0.5) is 10.1 Å². The molecule has 5 rings (SSSR count). The summed E-state index contributed by atoms with van der Waals surface area (Å²) in [6, 6.07) is 10.1. The molecule has 0 spiro atoms. The fourth-order valence-corrected chi connectivity index (χ4v) is 3.86. The molecule has 2 N–H and O–H groups in total. The highest BCUT2D eigenvalue weighted by Crippen LogP contribution is 2.24. The minimum atomic E-state index is -0.268. The van der Waals surface area contributed by atoms with Crippen LogP contribution in [0.15, 0.2) is 48.8 Å². The molecule has 0 radical (unpaired) electrons. The minimum absolute atomic E-state index is 0.0826. The molecular formula is C23H27FN4O3. The Kier molecular flexibility index (Phi) is 6.36. The fraction of sp³-hybridized carbons (Fsp3) is 0.391. The molecule has 1 amide bonds. The molecule has 1 aliphatic heterocycles. The number of amides is 1. The van der Waals surface area contributed by atoms with Crippen molar-refractivity contribution in [2.75, 3.05) is 25.1 Å². The average Bonchev–Trinajstić information content (AvgIpc) is 3.43. The summed E-state index contributed by atoms with van der Waals surface area (Å²) in [4.78, 5) is 14.7. The van der Waals surface area contributed by atoms with E-state index >= 15 is 0 Å². The number of ether oxygens (including phenoxy) is 1. The number of anilines is 1. The summed E-state index contributed by atoms with van der Waals surface area (Å²) in [7, 11) is 1.55. The monoisotopic (exact) mass is 426 g/mol. The topological polar surface area (TPSA) is 79.1 Å². The Bertz CT molecular complexity index is 1020. The van der Waals surface area contributed by atoms with Gasteiger partial charge in [-0.05, 0) is 62.1 Å². The number of fused-ring (bicyclic) bond motifs is 1. The Morgan fingerprint density at radius 1 is 1.19 bits per heavy atom. The maximum atomic E-state index is 12.4. The van der Waals surface area contributed by atoms with Gasteiger partial charge in [-0.1, -0.05) is 0 Å². The summed E-state index contributed by atoms with van der Waals surface area (Å²) >= 11 is 0. The number of nitrogens with zero attached hydrogens (tertiary/aromatic N) is 3. The lowest BCUT2D eigenvalue weighted by molar-refractivity contribution is 0.0563. The molecule has 7 nitrogen and oxygen atoms in total. The summed E-state index contributed by atoms with van der Waals surface area (Å²) in [6.07, 6.45) is 6.99. The quantitative estimate of drug-likeness (QED) is 0.671. The summed E-state index contributed by atoms with van der Waals surface area (Å²) in [5.74, 6) is 0.331. The van der Waals surface area contributed by atoms with Crippen LogP contribution >= 0.6 is 0 Å². The number of hydrogen-bond donors (Lipinski definition) is 2. The molecule has 1 saturated carbocycles. The zero-order valence-corrected chi connectivity index (χ0v) is 17.5. The molecule has 1 aliphatic carbocycles. The number of aliphatic hydroxyl groups excluding tert-OH is 1. The van der Waals surface area contributed by atoms with Gasteiger partial charge in [-0.3, -0.25) is 4.79 Å². The van der Waals surface area contributed by atoms with Crippen LogP contribution in [-0.4, -0.2) is 53.0 Å². The molecule has 0 atom stereocenters. The number of aliphatic hydroxyl groups is 1. The van der Waals surface area contributed by atoms with E-state index in [1.165, 1.54) is 25.0 Å². The first-order chi connectivity index (χ1) is 15.0. The van der Waals surface area contributed by atoms with E-state index < -0.39 is 0 Å². The van der Waals surface area contributed by atoms with Crippen molar-refractivity contribution in [3.63, 3.8) is 0 Å². The Balaban J connectivity index is 0.000000217. The molecule has 3 heterocycles. The highest BCUT2D eigenvalue weighted by molar-refractivity contribution is 6.01. The van der Waals surface area contributed by atoms with E-state index in [1.807, 2.05) is 12.3 Å². The first-order valence-corrected chi connectivity index (χ1v) is 10.5. The van der Waals surface area contributed by atoms with Gasteiger partial charge >= 0.3 is 0 Å². The average molecular weight is 426 g/mol. The molecule has 164 valence electrons. The van der Waals surface area contributed by atoms with E-state index in [-0.39, 0.29) is 23.9 Å². The molecule has 2 aliphatic rings. The summed E-state index contributed by atoms with van der Waals surface area (Å²) in [5.41, 5.74) is 2.59. The third-order valence-corrected chi connectivity index (χ3v) is 5.72. The summed E-state index contributed by atoms with van der Waals surface area (Å²) < 4.78 is 18.7. The molecular weight excluding hydrogens is 399 g/mol. The van der Waals surface area contributed by atoms with Gasteiger partial charge in [-0.15, -0.1) is 0 Å². The number of carbonyl (C=O) groups excluding carboxylic acids is 1. The third kappa shape index (κ3) is 4.96. The van der Waals surface area contributed by atoms with Gasteiger partial charge in [0.1, 0.15) is 11.6 Å². The first-order valence-electron chi connectivity index (χ1n) is 10.5. The fourth-order valence-electron chi connectivity index (χ4n) is 3.86. The Hall–Kier alpha value is -3.13. The highest BCUT2D eigenvalue weighted by Gasteiger charge is 2.29. The zero-order valence-electron chi connectivity index (χ0n) is 17.5. The van der Waals surface area contributed by atoms with Crippen molar-refractivity contribution in [2.24, 2.45) is 0 Å². The van der Waals surface area contributed by atoms with E-state index in [4.69, 9.17) is 4.74 Å². The molecule has 0 bridgehead atoms. The second-order valence-electron chi connectivity index (χ2n) is 7.92. The third-order valence-electron chi connectivity index (χ3n) is 5.72. The van der Waals surface area contributed by atoms with Crippen LogP contribution in [0.3, 0.4) is 0 Å². The molecule has 31 heavy (non-hydrogen) atoms. The number of nitrogens with one attached hydrogen (secondary N) is 1. The maximum absolute atomic E-state index is 12.4. The van der Waals surface area contributed by atoms with Crippen molar-refractivity contribution in [2.45, 2.75) is 37.8 Å². The van der Waals surface area contributed by atoms with Crippen molar-refractivity contribution in [3.8, 4) is 5.75 Å². The number of rotatable bonds is 4. The normalized spacial score (nSPS) is 20.0. The van der Waals surface area contributed by atoms with Gasteiger partial charge < -0.3 is 20.1 Å². The van der Waals surface area contributed by atoms with Gasteiger partial charge in [0.2, 0.25) is 0 Å². The van der Waals surface area contributed by atoms with Crippen LogP contribution in [0.2, 0.25) is 0 Å². The highest BCUT2D eigenvalue weighted by atomic mass is 19.1. The van der Waals surface area contributed by atoms with Crippen LogP contribution in [-0.2, 0) is 0 Å². The number of halogens is 1. The molecule has 3 aromatic rings.